The van der Waals surface area contributed by atoms with Gasteiger partial charge in [0.2, 0.25) is 0 Å². The van der Waals surface area contributed by atoms with E-state index in [0.29, 0.717) is 0 Å². The Kier molecular flexibility index (Phi) is 5.73. The molecule has 0 aliphatic heterocycles. The molecule has 0 unspecified atom stereocenters. The largest absolute Gasteiger partial charge is 0.385 e. The first-order chi connectivity index (χ1) is 9.28. The van der Waals surface area contributed by atoms with Crippen molar-refractivity contribution < 1.29 is 0 Å². The second-order valence-electron chi connectivity index (χ2n) is 4.41. The smallest absolute Gasteiger partial charge is 0.103 e. The van der Waals surface area contributed by atoms with Crippen molar-refractivity contribution in [3.8, 4) is 0 Å². The average Bonchev–Trinajstić information content (AvgIpc) is 2.87. The van der Waals surface area contributed by atoms with E-state index in [-0.39, 0.29) is 0 Å². The molecule has 0 spiro atoms. The van der Waals surface area contributed by atoms with E-state index < -0.39 is 0 Å². The lowest BCUT2D eigenvalue weighted by Gasteiger charge is -2.05. The molecule has 0 amide bonds. The van der Waals surface area contributed by atoms with E-state index >= 15 is 0 Å². The first kappa shape index (κ1) is 14.4. The topological polar surface area (TPSA) is 24.9 Å². The molecule has 102 valence electrons. The Morgan fingerprint density at radius 2 is 2.05 bits per heavy atom. The zero-order valence-corrected chi connectivity index (χ0v) is 13.1. The summed E-state index contributed by atoms with van der Waals surface area (Å²) in [4.78, 5) is 4.65. The second kappa shape index (κ2) is 7.56. The quantitative estimate of drug-likeness (QED) is 0.821. The molecule has 0 aliphatic carbocycles. The van der Waals surface area contributed by atoms with E-state index in [1.54, 1.807) is 11.3 Å². The van der Waals surface area contributed by atoms with Gasteiger partial charge < -0.3 is 5.32 Å². The molecule has 0 atom stereocenters. The lowest BCUT2D eigenvalue weighted by Crippen LogP contribution is -2.05. The van der Waals surface area contributed by atoms with Crippen molar-refractivity contribution in [3.63, 3.8) is 0 Å². The predicted octanol–water partition coefficient (Wildman–Crippen LogP) is 4.36. The molecule has 1 N–H and O–H groups in total. The van der Waals surface area contributed by atoms with Crippen LogP contribution in [0.25, 0.3) is 0 Å². The SMILES string of the molecule is CCSCc1nc(CCNc2ccc(C)cc2)cs1. The summed E-state index contributed by atoms with van der Waals surface area (Å²) in [5, 5.41) is 6.86. The van der Waals surface area contributed by atoms with Crippen molar-refractivity contribution in [1.29, 1.82) is 0 Å². The zero-order valence-electron chi connectivity index (χ0n) is 11.5. The van der Waals surface area contributed by atoms with Crippen LogP contribution in [0.4, 0.5) is 5.69 Å². The molecule has 2 aromatic rings. The van der Waals surface area contributed by atoms with Gasteiger partial charge in [-0.25, -0.2) is 4.98 Å². The number of anilines is 1. The molecule has 19 heavy (non-hydrogen) atoms. The van der Waals surface area contributed by atoms with Crippen LogP contribution in [0.2, 0.25) is 0 Å². The van der Waals surface area contributed by atoms with E-state index in [9.17, 15) is 0 Å². The summed E-state index contributed by atoms with van der Waals surface area (Å²) in [6.45, 7) is 5.23. The normalized spacial score (nSPS) is 10.6. The first-order valence-corrected chi connectivity index (χ1v) is 8.63. The lowest BCUT2D eigenvalue weighted by molar-refractivity contribution is 0.966. The number of hydrogen-bond acceptors (Lipinski definition) is 4. The third kappa shape index (κ3) is 4.88. The van der Waals surface area contributed by atoms with Crippen LogP contribution < -0.4 is 5.32 Å². The average molecular weight is 292 g/mol. The Morgan fingerprint density at radius 1 is 1.26 bits per heavy atom. The van der Waals surface area contributed by atoms with Gasteiger partial charge in [0.1, 0.15) is 5.01 Å². The Balaban J connectivity index is 1.76. The fourth-order valence-corrected chi connectivity index (χ4v) is 3.30. The number of rotatable bonds is 7. The van der Waals surface area contributed by atoms with Crippen LogP contribution in [0.15, 0.2) is 29.6 Å². The number of aryl methyl sites for hydroxylation is 1. The van der Waals surface area contributed by atoms with Gasteiger partial charge in [-0.05, 0) is 24.8 Å². The van der Waals surface area contributed by atoms with E-state index in [1.165, 1.54) is 22.0 Å². The van der Waals surface area contributed by atoms with Crippen molar-refractivity contribution in [2.45, 2.75) is 26.0 Å². The summed E-state index contributed by atoms with van der Waals surface area (Å²) in [5.74, 6) is 2.20. The second-order valence-corrected chi connectivity index (χ2v) is 6.63. The highest BCUT2D eigenvalue weighted by atomic mass is 32.2. The van der Waals surface area contributed by atoms with Crippen LogP contribution in [0.5, 0.6) is 0 Å². The molecule has 1 heterocycles. The van der Waals surface area contributed by atoms with Crippen LogP contribution in [0, 0.1) is 6.92 Å². The van der Waals surface area contributed by atoms with Crippen molar-refractivity contribution >= 4 is 28.8 Å². The lowest BCUT2D eigenvalue weighted by atomic mass is 10.2. The maximum absolute atomic E-state index is 4.65. The third-order valence-corrected chi connectivity index (χ3v) is 4.76. The van der Waals surface area contributed by atoms with E-state index in [1.807, 2.05) is 11.8 Å². The number of thiazole rings is 1. The van der Waals surface area contributed by atoms with Crippen LogP contribution >= 0.6 is 23.1 Å². The minimum absolute atomic E-state index is 0.938. The standard InChI is InChI=1S/C15H20N2S2/c1-3-18-11-15-17-14(10-19-15)8-9-16-13-6-4-12(2)5-7-13/h4-7,10,16H,3,8-9,11H2,1-2H3. The summed E-state index contributed by atoms with van der Waals surface area (Å²) in [7, 11) is 0. The van der Waals surface area contributed by atoms with Gasteiger partial charge in [0.25, 0.3) is 0 Å². The highest BCUT2D eigenvalue weighted by molar-refractivity contribution is 7.98. The van der Waals surface area contributed by atoms with Gasteiger partial charge in [-0.15, -0.1) is 11.3 Å². The van der Waals surface area contributed by atoms with Gasteiger partial charge in [-0.3, -0.25) is 0 Å². The van der Waals surface area contributed by atoms with Crippen LogP contribution in [0.3, 0.4) is 0 Å². The van der Waals surface area contributed by atoms with Crippen LogP contribution in [0.1, 0.15) is 23.2 Å². The molecule has 0 saturated carbocycles. The van der Waals surface area contributed by atoms with Gasteiger partial charge in [0.15, 0.2) is 0 Å². The molecular weight excluding hydrogens is 272 g/mol. The number of thioether (sulfide) groups is 1. The maximum Gasteiger partial charge on any atom is 0.103 e. The number of hydrogen-bond donors (Lipinski definition) is 1. The molecule has 1 aromatic carbocycles. The highest BCUT2D eigenvalue weighted by Crippen LogP contribution is 2.17. The molecule has 0 radical (unpaired) electrons. The summed E-state index contributed by atoms with van der Waals surface area (Å²) in [6.07, 6.45) is 0.987. The van der Waals surface area contributed by atoms with Crippen LogP contribution in [-0.2, 0) is 12.2 Å². The van der Waals surface area contributed by atoms with E-state index in [4.69, 9.17) is 0 Å². The Labute approximate surface area is 123 Å². The Bertz CT molecular complexity index is 491. The Hall–Kier alpha value is -1.00. The van der Waals surface area contributed by atoms with Gasteiger partial charge >= 0.3 is 0 Å². The number of benzene rings is 1. The molecule has 0 fully saturated rings. The van der Waals surface area contributed by atoms with Crippen molar-refractivity contribution in [2.24, 2.45) is 0 Å². The molecular formula is C15H20N2S2. The summed E-state index contributed by atoms with van der Waals surface area (Å²) < 4.78 is 0. The monoisotopic (exact) mass is 292 g/mol. The number of aromatic nitrogens is 1. The molecule has 2 rings (SSSR count). The van der Waals surface area contributed by atoms with Gasteiger partial charge in [-0.1, -0.05) is 24.6 Å². The van der Waals surface area contributed by atoms with E-state index in [2.05, 4.69) is 53.8 Å². The zero-order chi connectivity index (χ0) is 13.5. The summed E-state index contributed by atoms with van der Waals surface area (Å²) in [5.41, 5.74) is 3.68. The van der Waals surface area contributed by atoms with Crippen LogP contribution in [-0.4, -0.2) is 17.3 Å². The summed E-state index contributed by atoms with van der Waals surface area (Å²) in [6, 6.07) is 8.51. The Morgan fingerprint density at radius 3 is 2.79 bits per heavy atom. The fraction of sp³-hybridized carbons (Fsp3) is 0.400. The highest BCUT2D eigenvalue weighted by Gasteiger charge is 2.01. The number of nitrogens with one attached hydrogen (secondary N) is 1. The van der Waals surface area contributed by atoms with Crippen molar-refractivity contribution in [1.82, 2.24) is 4.98 Å². The number of nitrogens with zero attached hydrogens (tertiary/aromatic N) is 1. The van der Waals surface area contributed by atoms with Gasteiger partial charge in [0.05, 0.1) is 5.69 Å². The van der Waals surface area contributed by atoms with Crippen molar-refractivity contribution in [3.05, 3.63) is 45.9 Å². The maximum atomic E-state index is 4.65. The van der Waals surface area contributed by atoms with Crippen molar-refractivity contribution in [2.75, 3.05) is 17.6 Å². The molecule has 4 heteroatoms. The third-order valence-electron chi connectivity index (χ3n) is 2.79. The fourth-order valence-electron chi connectivity index (χ4n) is 1.73. The molecule has 0 aliphatic rings. The van der Waals surface area contributed by atoms with Gasteiger partial charge in [-0.2, -0.15) is 11.8 Å². The molecule has 1 aromatic heterocycles. The minimum atomic E-state index is 0.938. The van der Waals surface area contributed by atoms with Gasteiger partial charge in [0, 0.05) is 29.8 Å². The predicted molar refractivity (Wildman–Crippen MR) is 87.3 cm³/mol. The minimum Gasteiger partial charge on any atom is -0.385 e. The first-order valence-electron chi connectivity index (χ1n) is 6.59. The summed E-state index contributed by atoms with van der Waals surface area (Å²) >= 11 is 3.71. The molecule has 0 saturated heterocycles. The molecule has 0 bridgehead atoms. The van der Waals surface area contributed by atoms with E-state index in [0.717, 1.165) is 24.5 Å². The molecule has 2 nitrogen and oxygen atoms in total.